The van der Waals surface area contributed by atoms with Crippen molar-refractivity contribution >= 4 is 5.97 Å². The molecule has 0 aliphatic heterocycles. The van der Waals surface area contributed by atoms with E-state index in [1.807, 2.05) is 0 Å². The van der Waals surface area contributed by atoms with E-state index in [0.29, 0.717) is 12.5 Å². The maximum atomic E-state index is 11.1. The van der Waals surface area contributed by atoms with E-state index in [9.17, 15) is 4.79 Å². The predicted molar refractivity (Wildman–Crippen MR) is 80.3 cm³/mol. The lowest BCUT2D eigenvalue weighted by Gasteiger charge is -2.22. The monoisotopic (exact) mass is 279 g/mol. The number of para-hydroxylation sites is 1. The zero-order valence-electron chi connectivity index (χ0n) is 12.5. The van der Waals surface area contributed by atoms with Gasteiger partial charge in [-0.15, -0.1) is 0 Å². The number of carboxylic acid groups (broad SMARTS) is 1. The van der Waals surface area contributed by atoms with Gasteiger partial charge in [0, 0.05) is 13.1 Å². The molecule has 4 heteroatoms. The van der Waals surface area contributed by atoms with Crippen molar-refractivity contribution in [2.24, 2.45) is 0 Å². The number of hydrogen-bond donors (Lipinski definition) is 1. The van der Waals surface area contributed by atoms with Crippen molar-refractivity contribution in [3.8, 4) is 5.75 Å². The van der Waals surface area contributed by atoms with E-state index in [1.54, 1.807) is 24.3 Å². The Morgan fingerprint density at radius 3 is 2.30 bits per heavy atom. The highest BCUT2D eigenvalue weighted by Gasteiger charge is 2.11. The van der Waals surface area contributed by atoms with Gasteiger partial charge in [-0.2, -0.15) is 0 Å². The number of rotatable bonds is 10. The van der Waals surface area contributed by atoms with Crippen molar-refractivity contribution in [3.63, 3.8) is 0 Å². The van der Waals surface area contributed by atoms with E-state index < -0.39 is 5.97 Å². The molecule has 1 aromatic rings. The number of nitrogens with zero attached hydrogens (tertiary/aromatic N) is 1. The Balaban J connectivity index is 2.59. The molecule has 0 fully saturated rings. The van der Waals surface area contributed by atoms with Crippen LogP contribution in [0.1, 0.15) is 49.9 Å². The highest BCUT2D eigenvalue weighted by molar-refractivity contribution is 5.90. The molecule has 0 aliphatic rings. The first-order valence-corrected chi connectivity index (χ1v) is 7.36. The van der Waals surface area contributed by atoms with Crippen LogP contribution in [0.2, 0.25) is 0 Å². The van der Waals surface area contributed by atoms with Gasteiger partial charge in [-0.05, 0) is 25.0 Å². The summed E-state index contributed by atoms with van der Waals surface area (Å²) in [5.41, 5.74) is 0.221. The fourth-order valence-corrected chi connectivity index (χ4v) is 1.93. The number of carbonyl (C=O) groups is 1. The molecule has 112 valence electrons. The third-order valence-corrected chi connectivity index (χ3v) is 3.18. The summed E-state index contributed by atoms with van der Waals surface area (Å²) in [5.74, 6) is -0.507. The van der Waals surface area contributed by atoms with E-state index in [1.165, 1.54) is 0 Å². The largest absolute Gasteiger partial charge is 0.478 e. The van der Waals surface area contributed by atoms with E-state index >= 15 is 0 Å². The maximum absolute atomic E-state index is 11.1. The van der Waals surface area contributed by atoms with Crippen LogP contribution in [0, 0.1) is 0 Å². The Morgan fingerprint density at radius 2 is 1.75 bits per heavy atom. The van der Waals surface area contributed by atoms with E-state index in [-0.39, 0.29) is 5.56 Å². The number of ether oxygens (including phenoxy) is 1. The van der Waals surface area contributed by atoms with Gasteiger partial charge in [0.05, 0.1) is 0 Å². The Bertz CT molecular complexity index is 398. The molecule has 1 N–H and O–H groups in total. The standard InChI is InChI=1S/C16H25NO3/c1-3-5-11-17(12-6-4-2)13-20-15-10-8-7-9-14(15)16(18)19/h7-10H,3-6,11-13H2,1-2H3,(H,18,19). The molecule has 0 atom stereocenters. The molecule has 0 aliphatic carbocycles. The van der Waals surface area contributed by atoms with Crippen molar-refractivity contribution in [2.45, 2.75) is 39.5 Å². The predicted octanol–water partition coefficient (Wildman–Crippen LogP) is 3.62. The SMILES string of the molecule is CCCCN(CCCC)COc1ccccc1C(=O)O. The molecular weight excluding hydrogens is 254 g/mol. The summed E-state index contributed by atoms with van der Waals surface area (Å²) < 4.78 is 5.70. The van der Waals surface area contributed by atoms with E-state index in [0.717, 1.165) is 38.8 Å². The summed E-state index contributed by atoms with van der Waals surface area (Å²) in [7, 11) is 0. The molecule has 1 aromatic carbocycles. The highest BCUT2D eigenvalue weighted by atomic mass is 16.5. The van der Waals surface area contributed by atoms with Gasteiger partial charge in [0.25, 0.3) is 0 Å². The lowest BCUT2D eigenvalue weighted by atomic mass is 10.2. The smallest absolute Gasteiger partial charge is 0.339 e. The van der Waals surface area contributed by atoms with Gasteiger partial charge in [0.1, 0.15) is 18.0 Å². The Kier molecular flexibility index (Phi) is 7.73. The molecule has 0 saturated heterocycles. The van der Waals surface area contributed by atoms with Crippen LogP contribution in [0.5, 0.6) is 5.75 Å². The molecule has 0 bridgehead atoms. The summed E-state index contributed by atoms with van der Waals surface area (Å²) in [4.78, 5) is 13.4. The number of unbranched alkanes of at least 4 members (excludes halogenated alkanes) is 2. The van der Waals surface area contributed by atoms with E-state index in [2.05, 4.69) is 18.7 Å². The third kappa shape index (κ3) is 5.61. The fraction of sp³-hybridized carbons (Fsp3) is 0.562. The molecule has 1 rings (SSSR count). The summed E-state index contributed by atoms with van der Waals surface area (Å²) in [5, 5.41) is 9.12. The van der Waals surface area contributed by atoms with Crippen LogP contribution in [0.4, 0.5) is 0 Å². The maximum Gasteiger partial charge on any atom is 0.339 e. The minimum atomic E-state index is -0.950. The lowest BCUT2D eigenvalue weighted by molar-refractivity contribution is 0.0684. The summed E-state index contributed by atoms with van der Waals surface area (Å²) in [6, 6.07) is 6.79. The zero-order chi connectivity index (χ0) is 14.8. The molecule has 0 unspecified atom stereocenters. The van der Waals surface area contributed by atoms with E-state index in [4.69, 9.17) is 9.84 Å². The van der Waals surface area contributed by atoms with Crippen molar-refractivity contribution in [2.75, 3.05) is 19.8 Å². The second-order valence-electron chi connectivity index (χ2n) is 4.90. The van der Waals surface area contributed by atoms with Gasteiger partial charge < -0.3 is 9.84 Å². The molecule has 0 heterocycles. The van der Waals surface area contributed by atoms with Crippen molar-refractivity contribution in [1.82, 2.24) is 4.90 Å². The second kappa shape index (κ2) is 9.37. The van der Waals surface area contributed by atoms with Crippen LogP contribution in [0.3, 0.4) is 0 Å². The number of benzene rings is 1. The Morgan fingerprint density at radius 1 is 1.15 bits per heavy atom. The van der Waals surface area contributed by atoms with Crippen LogP contribution in [-0.4, -0.2) is 35.8 Å². The molecule has 0 aromatic heterocycles. The summed E-state index contributed by atoms with van der Waals surface area (Å²) in [6.45, 7) is 6.76. The van der Waals surface area contributed by atoms with Crippen LogP contribution in [0.25, 0.3) is 0 Å². The van der Waals surface area contributed by atoms with Gasteiger partial charge in [-0.25, -0.2) is 4.79 Å². The Labute approximate surface area is 121 Å². The first kappa shape index (κ1) is 16.5. The topological polar surface area (TPSA) is 49.8 Å². The molecule has 20 heavy (non-hydrogen) atoms. The van der Waals surface area contributed by atoms with Crippen molar-refractivity contribution in [3.05, 3.63) is 29.8 Å². The minimum absolute atomic E-state index is 0.221. The number of carboxylic acids is 1. The Hall–Kier alpha value is -1.55. The van der Waals surface area contributed by atoms with Gasteiger partial charge in [0.15, 0.2) is 0 Å². The average Bonchev–Trinajstić information content (AvgIpc) is 2.46. The molecule has 4 nitrogen and oxygen atoms in total. The second-order valence-corrected chi connectivity index (χ2v) is 4.90. The van der Waals surface area contributed by atoms with Gasteiger partial charge in [-0.3, -0.25) is 4.90 Å². The first-order valence-electron chi connectivity index (χ1n) is 7.36. The average molecular weight is 279 g/mol. The van der Waals surface area contributed by atoms with Crippen LogP contribution in [0.15, 0.2) is 24.3 Å². The molecule has 0 saturated carbocycles. The summed E-state index contributed by atoms with van der Waals surface area (Å²) >= 11 is 0. The van der Waals surface area contributed by atoms with Crippen molar-refractivity contribution in [1.29, 1.82) is 0 Å². The minimum Gasteiger partial charge on any atom is -0.478 e. The van der Waals surface area contributed by atoms with Crippen LogP contribution < -0.4 is 4.74 Å². The lowest BCUT2D eigenvalue weighted by Crippen LogP contribution is -2.30. The number of aromatic carboxylic acids is 1. The third-order valence-electron chi connectivity index (χ3n) is 3.18. The first-order chi connectivity index (χ1) is 9.69. The van der Waals surface area contributed by atoms with Gasteiger partial charge in [-0.1, -0.05) is 38.8 Å². The van der Waals surface area contributed by atoms with Crippen LogP contribution in [-0.2, 0) is 0 Å². The van der Waals surface area contributed by atoms with Crippen LogP contribution >= 0.6 is 0 Å². The van der Waals surface area contributed by atoms with Crippen molar-refractivity contribution < 1.29 is 14.6 Å². The zero-order valence-corrected chi connectivity index (χ0v) is 12.5. The summed E-state index contributed by atoms with van der Waals surface area (Å²) in [6.07, 6.45) is 4.56. The van der Waals surface area contributed by atoms with Gasteiger partial charge >= 0.3 is 5.97 Å². The fourth-order valence-electron chi connectivity index (χ4n) is 1.93. The molecule has 0 spiro atoms. The highest BCUT2D eigenvalue weighted by Crippen LogP contribution is 2.18. The number of hydrogen-bond acceptors (Lipinski definition) is 3. The molecular formula is C16H25NO3. The molecule has 0 radical (unpaired) electrons. The quantitative estimate of drug-likeness (QED) is 0.665. The normalized spacial score (nSPS) is 10.8. The molecule has 0 amide bonds. The van der Waals surface area contributed by atoms with Gasteiger partial charge in [0.2, 0.25) is 0 Å².